The van der Waals surface area contributed by atoms with E-state index in [0.717, 1.165) is 12.8 Å². The number of unbranched alkanes of at least 4 members (excludes halogenated alkanes) is 2. The summed E-state index contributed by atoms with van der Waals surface area (Å²) in [5.41, 5.74) is 5.82. The van der Waals surface area contributed by atoms with Crippen molar-refractivity contribution in [1.29, 1.82) is 0 Å². The molecule has 0 bridgehead atoms. The van der Waals surface area contributed by atoms with E-state index in [2.05, 4.69) is 52.0 Å². The normalized spacial score (nSPS) is 15.4. The molecule has 0 aromatic rings. The van der Waals surface area contributed by atoms with Gasteiger partial charge in [-0.15, -0.1) is 26.7 Å². The Hall–Kier alpha value is 0.254. The van der Waals surface area contributed by atoms with Gasteiger partial charge in [0.1, 0.15) is 0 Å². The first-order valence-electron chi connectivity index (χ1n) is 8.60. The second-order valence-electron chi connectivity index (χ2n) is 5.77. The summed E-state index contributed by atoms with van der Waals surface area (Å²) in [5, 5.41) is 0. The third-order valence-corrected chi connectivity index (χ3v) is 3.96. The van der Waals surface area contributed by atoms with E-state index in [0.29, 0.717) is 0 Å². The Balaban J connectivity index is 0.000000360. The summed E-state index contributed by atoms with van der Waals surface area (Å²) in [5.74, 6) is 0. The minimum absolute atomic E-state index is 0.556. The van der Waals surface area contributed by atoms with E-state index in [-0.39, 0.29) is 0 Å². The number of halogens is 2. The fourth-order valence-electron chi connectivity index (χ4n) is 2.46. The first-order chi connectivity index (χ1) is 11.1. The van der Waals surface area contributed by atoms with Crippen molar-refractivity contribution in [2.24, 2.45) is 0 Å². The van der Waals surface area contributed by atoms with Gasteiger partial charge in [0.15, 0.2) is 0 Å². The van der Waals surface area contributed by atoms with E-state index in [1.54, 1.807) is 0 Å². The molecule has 0 atom stereocenters. The van der Waals surface area contributed by atoms with Crippen LogP contribution < -0.4 is 0 Å². The van der Waals surface area contributed by atoms with Gasteiger partial charge < -0.3 is 0 Å². The summed E-state index contributed by atoms with van der Waals surface area (Å²) in [7, 11) is 9.78. The molecule has 0 heterocycles. The van der Waals surface area contributed by atoms with Gasteiger partial charge in [0.25, 0.3) is 0 Å². The van der Waals surface area contributed by atoms with Crippen molar-refractivity contribution in [2.75, 3.05) is 0 Å². The quantitative estimate of drug-likeness (QED) is 0.320. The monoisotopic (exact) mass is 388 g/mol. The van der Waals surface area contributed by atoms with Crippen LogP contribution in [0.25, 0.3) is 0 Å². The summed E-state index contributed by atoms with van der Waals surface area (Å²) in [6.07, 6.45) is 21.0. The summed E-state index contributed by atoms with van der Waals surface area (Å²) >= 11 is -0.556. The van der Waals surface area contributed by atoms with Gasteiger partial charge >= 0.3 is 35.6 Å². The van der Waals surface area contributed by atoms with Crippen LogP contribution >= 0.6 is 18.6 Å². The van der Waals surface area contributed by atoms with Crippen LogP contribution in [0.4, 0.5) is 0 Å². The van der Waals surface area contributed by atoms with Gasteiger partial charge in [-0.1, -0.05) is 52.4 Å². The van der Waals surface area contributed by atoms with Gasteiger partial charge in [0.05, 0.1) is 0 Å². The van der Waals surface area contributed by atoms with Crippen molar-refractivity contribution in [3.05, 3.63) is 46.6 Å². The van der Waals surface area contributed by atoms with Crippen molar-refractivity contribution < 1.29 is 17.0 Å². The zero-order valence-electron chi connectivity index (χ0n) is 15.1. The number of allylic oxidation sites excluding steroid dienone is 8. The second-order valence-corrected chi connectivity index (χ2v) is 8.35. The van der Waals surface area contributed by atoms with Crippen molar-refractivity contribution >= 4 is 18.6 Å². The van der Waals surface area contributed by atoms with E-state index >= 15 is 0 Å². The van der Waals surface area contributed by atoms with Crippen LogP contribution in [0.3, 0.4) is 0 Å². The molecule has 0 radical (unpaired) electrons. The average Bonchev–Trinajstić information content (AvgIpc) is 3.13. The first-order valence-corrected chi connectivity index (χ1v) is 12.9. The molecule has 0 spiro atoms. The molecule has 0 fully saturated rings. The van der Waals surface area contributed by atoms with E-state index in [4.69, 9.17) is 18.6 Å². The Morgan fingerprint density at radius 1 is 0.870 bits per heavy atom. The zero-order valence-corrected chi connectivity index (χ0v) is 18.1. The maximum atomic E-state index is 4.89. The molecule has 2 aliphatic carbocycles. The van der Waals surface area contributed by atoms with Crippen LogP contribution in [0.15, 0.2) is 34.4 Å². The third kappa shape index (κ3) is 11.4. The summed E-state index contributed by atoms with van der Waals surface area (Å²) in [6, 6.07) is 0. The average molecular weight is 389 g/mol. The molecule has 2 aliphatic rings. The molecule has 3 heteroatoms. The van der Waals surface area contributed by atoms with E-state index in [9.17, 15) is 0 Å². The molecule has 0 nitrogen and oxygen atoms in total. The minimum atomic E-state index is -0.556. The van der Waals surface area contributed by atoms with Crippen LogP contribution in [0, 0.1) is 12.2 Å². The van der Waals surface area contributed by atoms with Crippen LogP contribution in [-0.4, -0.2) is 0 Å². The number of hydrogen-bond donors (Lipinski definition) is 0. The van der Waals surface area contributed by atoms with E-state index in [1.807, 2.05) is 0 Å². The molecule has 23 heavy (non-hydrogen) atoms. The van der Waals surface area contributed by atoms with Crippen LogP contribution in [-0.2, 0) is 17.0 Å². The fourth-order valence-corrected chi connectivity index (χ4v) is 2.46. The third-order valence-electron chi connectivity index (χ3n) is 3.96. The fraction of sp³-hybridized carbons (Fsp3) is 0.600. The predicted molar refractivity (Wildman–Crippen MR) is 101 cm³/mol. The van der Waals surface area contributed by atoms with Crippen LogP contribution in [0.5, 0.6) is 0 Å². The Labute approximate surface area is 160 Å². The molecule has 2 rings (SSSR count). The molecular weight excluding hydrogens is 359 g/mol. The van der Waals surface area contributed by atoms with Gasteiger partial charge in [-0.25, -0.2) is 22.3 Å². The molecule has 0 saturated carbocycles. The zero-order chi connectivity index (χ0) is 17.5. The van der Waals surface area contributed by atoms with Gasteiger partial charge in [-0.3, -0.25) is 12.2 Å². The summed E-state index contributed by atoms with van der Waals surface area (Å²) in [6.45, 7) is 8.83. The molecule has 0 aliphatic heterocycles. The molecule has 0 aromatic carbocycles. The topological polar surface area (TPSA) is 0 Å². The Morgan fingerprint density at radius 3 is 1.43 bits per heavy atom. The van der Waals surface area contributed by atoms with Crippen molar-refractivity contribution in [1.82, 2.24) is 0 Å². The Bertz CT molecular complexity index is 391. The summed E-state index contributed by atoms with van der Waals surface area (Å²) < 4.78 is 0. The standard InChI is InChI=1S/2C10H15.2ClH.Ti/c2*1-3-4-7-10-8-5-6-9(10)2;;;/h2*6H,3-5,7H2,1-2H3;2*1H;/q2*-1;;;+2/p-2. The molecule has 0 N–H and O–H groups in total. The van der Waals surface area contributed by atoms with Gasteiger partial charge in [-0.05, 0) is 0 Å². The van der Waals surface area contributed by atoms with Crippen molar-refractivity contribution in [3.8, 4) is 0 Å². The molecule has 0 amide bonds. The molecule has 0 aromatic heterocycles. The Kier molecular flexibility index (Phi) is 15.9. The second kappa shape index (κ2) is 15.8. The number of hydrogen-bond acceptors (Lipinski definition) is 0. The van der Waals surface area contributed by atoms with E-state index in [1.165, 1.54) is 60.8 Å². The van der Waals surface area contributed by atoms with Crippen molar-refractivity contribution in [2.45, 2.75) is 79.1 Å². The predicted octanol–water partition coefficient (Wildman–Crippen LogP) is 7.89. The van der Waals surface area contributed by atoms with Gasteiger partial charge in [-0.2, -0.15) is 12.2 Å². The van der Waals surface area contributed by atoms with Crippen LogP contribution in [0.2, 0.25) is 0 Å². The molecular formula is C20H30Cl2Ti-2. The maximum absolute atomic E-state index is 4.89. The molecule has 0 unspecified atom stereocenters. The first kappa shape index (κ1) is 23.3. The van der Waals surface area contributed by atoms with Crippen molar-refractivity contribution in [3.63, 3.8) is 0 Å². The number of rotatable bonds is 6. The SMILES string of the molecule is CCCCC1=[C-]CC=C1C.CCCCC1=[C-]CC=C1C.[Cl][Ti][Cl]. The van der Waals surface area contributed by atoms with Gasteiger partial charge in [0, 0.05) is 0 Å². The van der Waals surface area contributed by atoms with Gasteiger partial charge in [0.2, 0.25) is 0 Å². The summed E-state index contributed by atoms with van der Waals surface area (Å²) in [4.78, 5) is 0. The molecule has 130 valence electrons. The molecule has 0 saturated heterocycles. The Morgan fingerprint density at radius 2 is 1.22 bits per heavy atom. The van der Waals surface area contributed by atoms with Crippen LogP contribution in [0.1, 0.15) is 79.1 Å². The van der Waals surface area contributed by atoms with E-state index < -0.39 is 17.0 Å².